The zero-order valence-corrected chi connectivity index (χ0v) is 35.8. The second-order valence-corrected chi connectivity index (χ2v) is 17.6. The standard InChI is InChI=1S/2C26H34N2O2/c2*29-25-17-21(9-11-23(25)19-27-13-3-1-4-14-27)7-8-22-10-12-24(26(30)18-22)20-28-15-5-2-6-16-28/h2*7-12,17-18,29-30H,1-6,13-16,19-20H2/b8-7+;8-7-. The first-order chi connectivity index (χ1) is 29.3. The molecule has 4 aliphatic rings. The minimum atomic E-state index is 0.363. The predicted octanol–water partition coefficient (Wildman–Crippen LogP) is 10.5. The summed E-state index contributed by atoms with van der Waals surface area (Å²) in [6.45, 7) is 12.3. The van der Waals surface area contributed by atoms with Crippen LogP contribution in [0.25, 0.3) is 24.3 Å². The van der Waals surface area contributed by atoms with Crippen molar-refractivity contribution in [1.82, 2.24) is 19.6 Å². The molecular weight excluding hydrogens is 745 g/mol. The van der Waals surface area contributed by atoms with Crippen molar-refractivity contribution in [3.8, 4) is 23.0 Å². The highest BCUT2D eigenvalue weighted by Gasteiger charge is 2.16. The molecule has 0 atom stereocenters. The van der Waals surface area contributed by atoms with Gasteiger partial charge in [0.15, 0.2) is 0 Å². The Balaban J connectivity index is 0.000000181. The molecule has 4 saturated heterocycles. The number of phenolic OH excluding ortho intramolecular Hbond substituents is 4. The molecule has 4 N–H and O–H groups in total. The molecule has 0 aliphatic carbocycles. The summed E-state index contributed by atoms with van der Waals surface area (Å²) in [5.74, 6) is 1.45. The Labute approximate surface area is 359 Å². The van der Waals surface area contributed by atoms with E-state index in [1.807, 2.05) is 72.8 Å². The van der Waals surface area contributed by atoms with E-state index < -0.39 is 0 Å². The van der Waals surface area contributed by atoms with Crippen LogP contribution in [0.4, 0.5) is 0 Å². The van der Waals surface area contributed by atoms with Gasteiger partial charge in [0.05, 0.1) is 0 Å². The number of likely N-dealkylation sites (tertiary alicyclic amines) is 4. The molecular formula is C52H68N4O4. The highest BCUT2D eigenvalue weighted by molar-refractivity contribution is 5.72. The van der Waals surface area contributed by atoms with Crippen LogP contribution in [0, 0.1) is 0 Å². The summed E-state index contributed by atoms with van der Waals surface area (Å²) >= 11 is 0. The summed E-state index contributed by atoms with van der Waals surface area (Å²) < 4.78 is 0. The Bertz CT molecular complexity index is 1730. The van der Waals surface area contributed by atoms with Gasteiger partial charge in [0.25, 0.3) is 0 Å². The van der Waals surface area contributed by atoms with Gasteiger partial charge in [-0.2, -0.15) is 0 Å². The van der Waals surface area contributed by atoms with E-state index in [-0.39, 0.29) is 0 Å². The lowest BCUT2D eigenvalue weighted by molar-refractivity contribution is 0.218. The largest absolute Gasteiger partial charge is 0.508 e. The van der Waals surface area contributed by atoms with E-state index in [0.717, 1.165) is 123 Å². The molecule has 4 fully saturated rings. The molecule has 60 heavy (non-hydrogen) atoms. The summed E-state index contributed by atoms with van der Waals surface area (Å²) in [5.41, 5.74) is 7.84. The zero-order chi connectivity index (χ0) is 41.5. The lowest BCUT2D eigenvalue weighted by Crippen LogP contribution is -2.29. The van der Waals surface area contributed by atoms with Gasteiger partial charge in [0, 0.05) is 48.4 Å². The number of hydrogen-bond donors (Lipinski definition) is 4. The molecule has 4 aliphatic heterocycles. The van der Waals surface area contributed by atoms with Crippen LogP contribution >= 0.6 is 0 Å². The number of phenols is 4. The average molecular weight is 813 g/mol. The van der Waals surface area contributed by atoms with E-state index in [4.69, 9.17) is 0 Å². The second-order valence-electron chi connectivity index (χ2n) is 17.6. The van der Waals surface area contributed by atoms with Crippen molar-refractivity contribution in [2.75, 3.05) is 52.4 Å². The molecule has 0 radical (unpaired) electrons. The van der Waals surface area contributed by atoms with Crippen molar-refractivity contribution in [2.45, 2.75) is 103 Å². The third kappa shape index (κ3) is 13.2. The van der Waals surface area contributed by atoms with Crippen molar-refractivity contribution >= 4 is 24.3 Å². The molecule has 0 bridgehead atoms. The maximum Gasteiger partial charge on any atom is 0.120 e. The number of piperidine rings is 4. The monoisotopic (exact) mass is 813 g/mol. The van der Waals surface area contributed by atoms with E-state index in [1.54, 1.807) is 0 Å². The van der Waals surface area contributed by atoms with Gasteiger partial charge >= 0.3 is 0 Å². The molecule has 8 rings (SSSR count). The minimum Gasteiger partial charge on any atom is -0.508 e. The second kappa shape index (κ2) is 22.3. The quantitative estimate of drug-likeness (QED) is 0.105. The van der Waals surface area contributed by atoms with Crippen LogP contribution in [0.3, 0.4) is 0 Å². The number of nitrogens with zero attached hydrogens (tertiary/aromatic N) is 4. The van der Waals surface area contributed by atoms with Crippen molar-refractivity contribution in [3.05, 3.63) is 117 Å². The van der Waals surface area contributed by atoms with E-state index in [2.05, 4.69) is 43.9 Å². The van der Waals surface area contributed by atoms with Gasteiger partial charge in [0.2, 0.25) is 0 Å². The maximum atomic E-state index is 10.5. The number of rotatable bonds is 12. The number of aromatic hydroxyl groups is 4. The van der Waals surface area contributed by atoms with Gasteiger partial charge in [-0.15, -0.1) is 0 Å². The van der Waals surface area contributed by atoms with Crippen molar-refractivity contribution in [2.24, 2.45) is 0 Å². The van der Waals surface area contributed by atoms with Crippen LogP contribution < -0.4 is 0 Å². The van der Waals surface area contributed by atoms with Crippen LogP contribution in [0.2, 0.25) is 0 Å². The topological polar surface area (TPSA) is 93.9 Å². The number of hydrogen-bond acceptors (Lipinski definition) is 8. The van der Waals surface area contributed by atoms with Gasteiger partial charge in [-0.05, 0) is 150 Å². The lowest BCUT2D eigenvalue weighted by atomic mass is 10.0. The van der Waals surface area contributed by atoms with Gasteiger partial charge in [0.1, 0.15) is 23.0 Å². The fourth-order valence-electron chi connectivity index (χ4n) is 9.09. The molecule has 320 valence electrons. The molecule has 0 unspecified atom stereocenters. The Morgan fingerprint density at radius 2 is 0.500 bits per heavy atom. The summed E-state index contributed by atoms with van der Waals surface area (Å²) in [5, 5.41) is 41.8. The summed E-state index contributed by atoms with van der Waals surface area (Å²) in [7, 11) is 0. The summed E-state index contributed by atoms with van der Waals surface area (Å²) in [6, 6.07) is 23.7. The first kappa shape index (κ1) is 43.5. The maximum absolute atomic E-state index is 10.5. The number of benzene rings is 4. The molecule has 4 aromatic rings. The molecule has 0 saturated carbocycles. The van der Waals surface area contributed by atoms with Crippen molar-refractivity contribution in [1.29, 1.82) is 0 Å². The van der Waals surface area contributed by atoms with Gasteiger partial charge in [-0.25, -0.2) is 0 Å². The summed E-state index contributed by atoms with van der Waals surface area (Å²) in [6.07, 6.45) is 23.3. The summed E-state index contributed by atoms with van der Waals surface area (Å²) in [4.78, 5) is 9.68. The van der Waals surface area contributed by atoms with Crippen molar-refractivity contribution < 1.29 is 20.4 Å². The first-order valence-corrected chi connectivity index (χ1v) is 22.9. The molecule has 8 nitrogen and oxygen atoms in total. The molecule has 0 spiro atoms. The highest BCUT2D eigenvalue weighted by Crippen LogP contribution is 2.28. The third-order valence-corrected chi connectivity index (χ3v) is 12.7. The molecule has 8 heteroatoms. The third-order valence-electron chi connectivity index (χ3n) is 12.7. The smallest absolute Gasteiger partial charge is 0.120 e. The predicted molar refractivity (Wildman–Crippen MR) is 247 cm³/mol. The first-order valence-electron chi connectivity index (χ1n) is 22.9. The van der Waals surface area contributed by atoms with E-state index >= 15 is 0 Å². The fourth-order valence-corrected chi connectivity index (χ4v) is 9.09. The van der Waals surface area contributed by atoms with Gasteiger partial charge in [-0.3, -0.25) is 19.6 Å². The Morgan fingerprint density at radius 3 is 0.683 bits per heavy atom. The molecule has 4 heterocycles. The van der Waals surface area contributed by atoms with Crippen molar-refractivity contribution in [3.63, 3.8) is 0 Å². The molecule has 0 aromatic heterocycles. The Morgan fingerprint density at radius 1 is 0.300 bits per heavy atom. The van der Waals surface area contributed by atoms with Crippen LogP contribution in [0.1, 0.15) is 122 Å². The fraction of sp³-hybridized carbons (Fsp3) is 0.462. The van der Waals surface area contributed by atoms with Crippen LogP contribution in [-0.2, 0) is 26.2 Å². The Hall–Kier alpha value is -4.60. The average Bonchev–Trinajstić information content (AvgIpc) is 3.27. The van der Waals surface area contributed by atoms with E-state index in [1.165, 1.54) is 77.0 Å². The normalized spacial score (nSPS) is 18.8. The zero-order valence-electron chi connectivity index (χ0n) is 35.8. The van der Waals surface area contributed by atoms with Gasteiger partial charge in [-0.1, -0.05) is 98.5 Å². The van der Waals surface area contributed by atoms with E-state index in [0.29, 0.717) is 23.0 Å². The highest BCUT2D eigenvalue weighted by atomic mass is 16.3. The Kier molecular flexibility index (Phi) is 16.2. The SMILES string of the molecule is Oc1cc(/C=C/c2ccc(CN3CCCCC3)c(O)c2)ccc1CN1CCCCC1.Oc1cc(/C=C\c2ccc(CN3CCCCC3)c(O)c2)ccc1CN1CCCCC1. The lowest BCUT2D eigenvalue weighted by Gasteiger charge is -2.26. The van der Waals surface area contributed by atoms with Crippen LogP contribution in [0.15, 0.2) is 72.8 Å². The van der Waals surface area contributed by atoms with Crippen LogP contribution in [-0.4, -0.2) is 92.4 Å². The molecule has 0 amide bonds. The van der Waals surface area contributed by atoms with Crippen LogP contribution in [0.5, 0.6) is 23.0 Å². The van der Waals surface area contributed by atoms with E-state index in [9.17, 15) is 20.4 Å². The van der Waals surface area contributed by atoms with Gasteiger partial charge < -0.3 is 20.4 Å². The molecule has 4 aromatic carbocycles. The minimum absolute atomic E-state index is 0.363.